The van der Waals surface area contributed by atoms with Gasteiger partial charge in [0.05, 0.1) is 9.85 Å². The molecule has 14 nitrogen and oxygen atoms in total. The molecule has 96 heavy (non-hydrogen) atoms. The van der Waals surface area contributed by atoms with Crippen molar-refractivity contribution >= 4 is 140 Å². The van der Waals surface area contributed by atoms with Crippen molar-refractivity contribution in [3.05, 3.63) is 274 Å². The number of rotatable bonds is 19. The Bertz CT molecular complexity index is 3880. The number of nitrogens with zero attached hydrogens (tertiary/aromatic N) is 5. The number of fused-ring (bicyclic) bond motifs is 2. The average molecular weight is 1720 g/mol. The van der Waals surface area contributed by atoms with Gasteiger partial charge in [0.25, 0.3) is 11.4 Å². The Morgan fingerprint density at radius 2 is 0.875 bits per heavy atom. The minimum absolute atomic E-state index is 0.0111. The fraction of sp³-hybridized carbons (Fsp3) is 0.329. The van der Waals surface area contributed by atoms with Crippen molar-refractivity contribution in [3.8, 4) is 0 Å². The first-order chi connectivity index (χ1) is 46.9. The standard InChI is InChI=1S/C24H24N2O4.C14H18BrN.C14H18N.C11H13N.C9H4INO4.C4H8Br2.BrH.Zn/c27-24-12-9-21-20(22(26(28)29)10-11-23(21)30-24)8-4-5-15-25-16-13-19(14-17-25)18-6-2-1-3-7-18;15-9-4-10-16-11-7-14(8-12-16)13-5-2-1-3-6-13;1-2-10-15-11-8-14(9-12-15)13-6-4-3-5-7-13;1-2-4-10(5-3-1)11-6-8-12-9-7-11;10-9-5-1-4-8(12)15-7(5)3-2-6(9)11(13)14;5-3-1-2-4-6;;/h1-3,6-7,9-13H,4-5,8,14-17H2;1-3,5-7H,4,8-12H2;3-8H,1-2,9-12H2;1-6,12H,7-9H2;1-4H;1-4H2;1H;/q;;-1;;;;;+2/p-1. The van der Waals surface area contributed by atoms with Gasteiger partial charge in [-0.3, -0.25) is 30.0 Å². The summed E-state index contributed by atoms with van der Waals surface area (Å²) in [6, 6.07) is 53.9. The van der Waals surface area contributed by atoms with E-state index < -0.39 is 16.2 Å². The molecule has 0 fully saturated rings. The van der Waals surface area contributed by atoms with Crippen LogP contribution in [0.25, 0.3) is 44.2 Å². The number of unbranched alkanes of at least 4 members (excludes halogenated alkanes) is 2. The summed E-state index contributed by atoms with van der Waals surface area (Å²) in [5.74, 6) is 0. The first-order valence-electron chi connectivity index (χ1n) is 32.6. The van der Waals surface area contributed by atoms with Gasteiger partial charge in [0, 0.05) is 102 Å². The molecule has 0 unspecified atom stereocenters. The average Bonchev–Trinajstić information content (AvgIpc) is 0.850. The molecule has 8 aromatic rings. The van der Waals surface area contributed by atoms with Crippen molar-refractivity contribution in [3.63, 3.8) is 0 Å². The Labute approximate surface area is 621 Å². The molecule has 4 aliphatic heterocycles. The Morgan fingerprint density at radius 1 is 0.479 bits per heavy atom. The topological polar surface area (TPSA) is 168 Å². The first-order valence-corrected chi connectivity index (χ1v) is 43.9. The van der Waals surface area contributed by atoms with E-state index in [1.807, 2.05) is 28.7 Å². The van der Waals surface area contributed by atoms with E-state index in [1.165, 1.54) is 155 Å². The summed E-state index contributed by atoms with van der Waals surface area (Å²) in [7, 11) is 0. The van der Waals surface area contributed by atoms with Crippen molar-refractivity contribution in [2.24, 2.45) is 0 Å². The van der Waals surface area contributed by atoms with Crippen molar-refractivity contribution in [2.45, 2.75) is 70.6 Å². The molecule has 6 aromatic carbocycles. The van der Waals surface area contributed by atoms with Gasteiger partial charge in [0.15, 0.2) is 0 Å². The van der Waals surface area contributed by atoms with Crippen LogP contribution in [0.3, 0.4) is 0 Å². The van der Waals surface area contributed by atoms with Gasteiger partial charge >= 0.3 is 41.2 Å². The van der Waals surface area contributed by atoms with Crippen molar-refractivity contribution in [1.29, 1.82) is 0 Å². The second kappa shape index (κ2) is 46.1. The number of aryl methyl sites for hydroxylation is 1. The molecule has 0 bridgehead atoms. The van der Waals surface area contributed by atoms with Crippen LogP contribution in [0.1, 0.15) is 92.0 Å². The molecule has 0 saturated heterocycles. The molecular formula is C76H85Br4IN6O8Zn. The normalized spacial score (nSPS) is 14.6. The molecule has 2 aromatic heterocycles. The molecule has 4 aliphatic rings. The van der Waals surface area contributed by atoms with Gasteiger partial charge in [-0.1, -0.05) is 193 Å². The summed E-state index contributed by atoms with van der Waals surface area (Å²) >= 11 is 16.3. The fourth-order valence-electron chi connectivity index (χ4n) is 11.2. The van der Waals surface area contributed by atoms with Crippen LogP contribution in [0.15, 0.2) is 213 Å². The molecule has 0 amide bonds. The van der Waals surface area contributed by atoms with E-state index in [0.29, 0.717) is 37.5 Å². The molecule has 504 valence electrons. The van der Waals surface area contributed by atoms with Crippen molar-refractivity contribution in [2.75, 3.05) is 88.0 Å². The van der Waals surface area contributed by atoms with E-state index >= 15 is 0 Å². The Hall–Kier alpha value is -5.39. The molecule has 1 N–H and O–H groups in total. The van der Waals surface area contributed by atoms with Gasteiger partial charge in [0.1, 0.15) is 14.7 Å². The SMILES string of the molecule is BrCCCCBr.BrCCCN1CC=C(c2ccccc2)CC1.C1=C(c2ccccc2)CCNC1.O=c1ccc2c(CCCCN3CC=C(c4ccccc4)CC3)c([N+](=O)[O-])ccc2o1.O=c1ccc2c(I)c([N+](=O)[O-])ccc2o1.[CH2-]CCN1CC=C(c2ccccc2)CC1.[Zn+][Br]. The van der Waals surface area contributed by atoms with Crippen LogP contribution in [0, 0.1) is 30.7 Å². The van der Waals surface area contributed by atoms with Crippen LogP contribution >= 0.6 is 84.0 Å². The van der Waals surface area contributed by atoms with Gasteiger partial charge in [0.2, 0.25) is 0 Å². The molecule has 12 rings (SSSR count). The predicted molar refractivity (Wildman–Crippen MR) is 416 cm³/mol. The van der Waals surface area contributed by atoms with Crippen LogP contribution in [-0.2, 0) is 22.8 Å². The molecule has 0 aliphatic carbocycles. The molecule has 0 radical (unpaired) electrons. The Morgan fingerprint density at radius 3 is 1.26 bits per heavy atom. The first kappa shape index (κ1) is 79.6. The molecule has 20 heteroatoms. The van der Waals surface area contributed by atoms with E-state index in [0.717, 1.165) is 100 Å². The Balaban J connectivity index is 0.000000192. The molecule has 6 heterocycles. The summed E-state index contributed by atoms with van der Waals surface area (Å²) in [5.41, 5.74) is 11.9. The summed E-state index contributed by atoms with van der Waals surface area (Å²) in [4.78, 5) is 51.0. The van der Waals surface area contributed by atoms with Gasteiger partial charge in [-0.25, -0.2) is 9.59 Å². The number of nitrogens with one attached hydrogen (secondary N) is 1. The number of hydrogen-bond acceptors (Lipinski definition) is 12. The number of benzene rings is 6. The molecular weight excluding hydrogens is 1640 g/mol. The van der Waals surface area contributed by atoms with Crippen molar-refractivity contribution in [1.82, 2.24) is 20.0 Å². The van der Waals surface area contributed by atoms with E-state index in [-0.39, 0.29) is 16.3 Å². The fourth-order valence-corrected chi connectivity index (χ4v) is 13.1. The van der Waals surface area contributed by atoms with Gasteiger partial charge in [-0.05, 0) is 182 Å². The number of halogens is 5. The summed E-state index contributed by atoms with van der Waals surface area (Å²) in [6.07, 6.45) is 21.1. The monoisotopic (exact) mass is 1720 g/mol. The summed E-state index contributed by atoms with van der Waals surface area (Å²) in [5, 5.41) is 30.0. The van der Waals surface area contributed by atoms with E-state index in [9.17, 15) is 29.8 Å². The number of nitro groups is 2. The van der Waals surface area contributed by atoms with Gasteiger partial charge in [-0.15, -0.1) is 0 Å². The second-order valence-electron chi connectivity index (χ2n) is 22.7. The molecule has 0 spiro atoms. The Kier molecular flexibility index (Phi) is 38.2. The van der Waals surface area contributed by atoms with Gasteiger partial charge < -0.3 is 26.0 Å². The predicted octanol–water partition coefficient (Wildman–Crippen LogP) is 19.1. The number of hydrogen-bond donors (Lipinski definition) is 1. The maximum atomic E-state index is 11.5. The van der Waals surface area contributed by atoms with Crippen LogP contribution in [-0.4, -0.2) is 113 Å². The summed E-state index contributed by atoms with van der Waals surface area (Å²) < 4.78 is 10.6. The zero-order valence-electron chi connectivity index (χ0n) is 54.5. The van der Waals surface area contributed by atoms with Crippen LogP contribution in [0.4, 0.5) is 11.4 Å². The van der Waals surface area contributed by atoms with Crippen LogP contribution in [0.5, 0.6) is 0 Å². The molecule has 0 saturated carbocycles. The number of nitro benzene ring substituents is 2. The zero-order chi connectivity index (χ0) is 68.7. The van der Waals surface area contributed by atoms with Crippen LogP contribution < -0.4 is 16.6 Å². The summed E-state index contributed by atoms with van der Waals surface area (Å²) in [6.45, 7) is 15.9. The minimum atomic E-state index is -0.466. The van der Waals surface area contributed by atoms with E-state index in [4.69, 9.17) is 8.83 Å². The zero-order valence-corrected chi connectivity index (χ0v) is 65.9. The van der Waals surface area contributed by atoms with Gasteiger partial charge in [-0.2, -0.15) is 6.42 Å². The third kappa shape index (κ3) is 27.4. The number of alkyl halides is 3. The third-order valence-corrected chi connectivity index (χ3v) is 19.1. The van der Waals surface area contributed by atoms with Crippen molar-refractivity contribution < 1.29 is 35.0 Å². The quantitative estimate of drug-likeness (QED) is 0.0119. The molecule has 0 atom stereocenters. The second-order valence-corrected chi connectivity index (χ2v) is 26.2. The van der Waals surface area contributed by atoms with E-state index in [1.54, 1.807) is 6.07 Å². The third-order valence-electron chi connectivity index (χ3n) is 16.3. The maximum absolute atomic E-state index is 11.5. The van der Waals surface area contributed by atoms with E-state index in [2.05, 4.69) is 228 Å². The van der Waals surface area contributed by atoms with Crippen LogP contribution in [0.2, 0.25) is 0 Å².